The fourth-order valence-electron chi connectivity index (χ4n) is 4.18. The van der Waals surface area contributed by atoms with E-state index >= 15 is 0 Å². The maximum atomic E-state index is 12.7. The fraction of sp³-hybridized carbons (Fsp3) is 0.435. The number of nitrogens with one attached hydrogen (secondary N) is 1. The van der Waals surface area contributed by atoms with Gasteiger partial charge < -0.3 is 15.1 Å². The van der Waals surface area contributed by atoms with Crippen LogP contribution in [0.2, 0.25) is 10.0 Å². The summed E-state index contributed by atoms with van der Waals surface area (Å²) in [6, 6.07) is 8.46. The normalized spacial score (nSPS) is 17.3. The van der Waals surface area contributed by atoms with Crippen LogP contribution in [0, 0.1) is 0 Å². The van der Waals surface area contributed by atoms with E-state index in [4.69, 9.17) is 23.2 Å². The number of benzene rings is 1. The van der Waals surface area contributed by atoms with Gasteiger partial charge in [-0.15, -0.1) is 0 Å². The molecule has 2 saturated heterocycles. The van der Waals surface area contributed by atoms with E-state index in [1.54, 1.807) is 36.5 Å². The molecule has 170 valence electrons. The number of piperazine rings is 1. The van der Waals surface area contributed by atoms with Gasteiger partial charge in [-0.05, 0) is 50.2 Å². The average molecular weight is 476 g/mol. The van der Waals surface area contributed by atoms with Gasteiger partial charge in [0.15, 0.2) is 5.82 Å². The summed E-state index contributed by atoms with van der Waals surface area (Å²) in [5, 5.41) is 3.84. The van der Waals surface area contributed by atoms with E-state index in [-0.39, 0.29) is 11.8 Å². The van der Waals surface area contributed by atoms with Gasteiger partial charge in [-0.25, -0.2) is 4.98 Å². The summed E-state index contributed by atoms with van der Waals surface area (Å²) in [4.78, 5) is 36.2. The Balaban J connectivity index is 1.40. The molecule has 0 unspecified atom stereocenters. The molecule has 2 amide bonds. The second-order valence-electron chi connectivity index (χ2n) is 8.19. The lowest BCUT2D eigenvalue weighted by Gasteiger charge is -2.37. The summed E-state index contributed by atoms with van der Waals surface area (Å²) in [5.74, 6) is 0.547. The number of aromatic nitrogens is 1. The predicted octanol–water partition coefficient (Wildman–Crippen LogP) is 3.78. The highest BCUT2D eigenvalue weighted by atomic mass is 35.5. The Labute approximate surface area is 198 Å². The number of anilines is 2. The van der Waals surface area contributed by atoms with Crippen molar-refractivity contribution in [2.75, 3.05) is 56.0 Å². The number of nitrogens with zero attached hydrogens (tertiary/aromatic N) is 4. The fourth-order valence-corrected chi connectivity index (χ4v) is 4.52. The Hall–Kier alpha value is -2.35. The van der Waals surface area contributed by atoms with E-state index in [2.05, 4.69) is 20.1 Å². The van der Waals surface area contributed by atoms with Crippen LogP contribution in [0.15, 0.2) is 36.5 Å². The number of piperidine rings is 1. The molecule has 0 bridgehead atoms. The number of rotatable bonds is 5. The smallest absolute Gasteiger partial charge is 0.255 e. The van der Waals surface area contributed by atoms with Crippen LogP contribution in [0.25, 0.3) is 0 Å². The number of likely N-dealkylation sites (tertiary alicyclic amines) is 1. The number of pyridine rings is 1. The van der Waals surface area contributed by atoms with Crippen molar-refractivity contribution in [3.05, 3.63) is 52.1 Å². The number of halogens is 2. The van der Waals surface area contributed by atoms with Crippen molar-refractivity contribution in [2.45, 2.75) is 19.3 Å². The molecule has 9 heteroatoms. The number of carbonyl (C=O) groups is 2. The van der Waals surface area contributed by atoms with E-state index in [0.29, 0.717) is 59.8 Å². The Morgan fingerprint density at radius 1 is 0.938 bits per heavy atom. The van der Waals surface area contributed by atoms with Crippen LogP contribution in [0.1, 0.15) is 29.6 Å². The Bertz CT molecular complexity index is 973. The molecule has 1 aromatic heterocycles. The highest BCUT2D eigenvalue weighted by Gasteiger charge is 2.25. The standard InChI is InChI=1S/C23H27Cl2N5O2/c24-18-6-4-5-17(13-18)23(32)27-20-14-19(25)15-26-22(20)30-11-9-29(10-12-30)21(31)16-28-7-2-1-3-8-28/h4-6,13-15H,1-3,7-12,16H2,(H,27,32). The second kappa shape index (κ2) is 10.5. The third kappa shape index (κ3) is 5.71. The first kappa shape index (κ1) is 22.8. The molecule has 3 heterocycles. The largest absolute Gasteiger partial charge is 0.351 e. The van der Waals surface area contributed by atoms with Gasteiger partial charge >= 0.3 is 0 Å². The summed E-state index contributed by atoms with van der Waals surface area (Å²) in [5.41, 5.74) is 0.993. The van der Waals surface area contributed by atoms with Crippen LogP contribution >= 0.6 is 23.2 Å². The number of carbonyl (C=O) groups excluding carboxylic acids is 2. The van der Waals surface area contributed by atoms with Gasteiger partial charge in [0, 0.05) is 43.0 Å². The Morgan fingerprint density at radius 2 is 1.69 bits per heavy atom. The third-order valence-electron chi connectivity index (χ3n) is 5.91. The zero-order valence-electron chi connectivity index (χ0n) is 17.9. The van der Waals surface area contributed by atoms with Crippen molar-refractivity contribution >= 4 is 46.5 Å². The Kier molecular flexibility index (Phi) is 7.50. The first-order valence-corrected chi connectivity index (χ1v) is 11.7. The van der Waals surface area contributed by atoms with Crippen molar-refractivity contribution in [1.82, 2.24) is 14.8 Å². The first-order chi connectivity index (χ1) is 15.5. The summed E-state index contributed by atoms with van der Waals surface area (Å²) < 4.78 is 0. The molecule has 0 spiro atoms. The number of hydrogen-bond donors (Lipinski definition) is 1. The van der Waals surface area contributed by atoms with Gasteiger partial charge in [0.1, 0.15) is 0 Å². The van der Waals surface area contributed by atoms with Crippen LogP contribution in [0.5, 0.6) is 0 Å². The van der Waals surface area contributed by atoms with E-state index in [0.717, 1.165) is 13.1 Å². The van der Waals surface area contributed by atoms with E-state index in [1.165, 1.54) is 19.3 Å². The topological polar surface area (TPSA) is 68.8 Å². The number of hydrogen-bond acceptors (Lipinski definition) is 5. The van der Waals surface area contributed by atoms with Crippen LogP contribution in [0.4, 0.5) is 11.5 Å². The lowest BCUT2D eigenvalue weighted by molar-refractivity contribution is -0.132. The van der Waals surface area contributed by atoms with E-state index in [1.807, 2.05) is 4.90 Å². The van der Waals surface area contributed by atoms with Gasteiger partial charge in [-0.1, -0.05) is 35.7 Å². The maximum absolute atomic E-state index is 12.7. The minimum atomic E-state index is -0.284. The number of amides is 2. The minimum absolute atomic E-state index is 0.185. The molecular weight excluding hydrogens is 449 g/mol. The molecule has 2 fully saturated rings. The molecule has 2 aromatic rings. The highest BCUT2D eigenvalue weighted by Crippen LogP contribution is 2.28. The van der Waals surface area contributed by atoms with E-state index < -0.39 is 0 Å². The summed E-state index contributed by atoms with van der Waals surface area (Å²) in [6.07, 6.45) is 5.17. The van der Waals surface area contributed by atoms with Crippen LogP contribution in [-0.4, -0.2) is 72.4 Å². The molecule has 0 radical (unpaired) electrons. The molecule has 7 nitrogen and oxygen atoms in total. The molecule has 1 aromatic carbocycles. The van der Waals surface area contributed by atoms with Gasteiger partial charge in [0.25, 0.3) is 5.91 Å². The third-order valence-corrected chi connectivity index (χ3v) is 6.35. The summed E-state index contributed by atoms with van der Waals surface area (Å²) in [6.45, 7) is 5.05. The molecule has 32 heavy (non-hydrogen) atoms. The van der Waals surface area contributed by atoms with Crippen LogP contribution in [0.3, 0.4) is 0 Å². The zero-order valence-corrected chi connectivity index (χ0v) is 19.4. The maximum Gasteiger partial charge on any atom is 0.255 e. The quantitative estimate of drug-likeness (QED) is 0.712. The zero-order chi connectivity index (χ0) is 22.5. The molecule has 0 aliphatic carbocycles. The first-order valence-electron chi connectivity index (χ1n) is 11.0. The van der Waals surface area contributed by atoms with Crippen molar-refractivity contribution in [3.63, 3.8) is 0 Å². The highest BCUT2D eigenvalue weighted by molar-refractivity contribution is 6.31. The lowest BCUT2D eigenvalue weighted by Crippen LogP contribution is -2.52. The van der Waals surface area contributed by atoms with Gasteiger partial charge in [-0.2, -0.15) is 0 Å². The SMILES string of the molecule is O=C(Nc1cc(Cl)cnc1N1CCN(C(=O)CN2CCCCC2)CC1)c1cccc(Cl)c1. The lowest BCUT2D eigenvalue weighted by atomic mass is 10.1. The average Bonchev–Trinajstić information content (AvgIpc) is 2.80. The summed E-state index contributed by atoms with van der Waals surface area (Å²) in [7, 11) is 0. The van der Waals surface area contributed by atoms with Crippen molar-refractivity contribution < 1.29 is 9.59 Å². The monoisotopic (exact) mass is 475 g/mol. The molecule has 2 aliphatic heterocycles. The minimum Gasteiger partial charge on any atom is -0.351 e. The molecule has 0 saturated carbocycles. The van der Waals surface area contributed by atoms with Crippen molar-refractivity contribution in [1.29, 1.82) is 0 Å². The molecule has 4 rings (SSSR count). The van der Waals surface area contributed by atoms with E-state index in [9.17, 15) is 9.59 Å². The molecule has 1 N–H and O–H groups in total. The van der Waals surface area contributed by atoms with Gasteiger partial charge in [0.2, 0.25) is 5.91 Å². The second-order valence-corrected chi connectivity index (χ2v) is 9.07. The molecule has 2 aliphatic rings. The van der Waals surface area contributed by atoms with Crippen LogP contribution < -0.4 is 10.2 Å². The summed E-state index contributed by atoms with van der Waals surface area (Å²) >= 11 is 12.2. The molecular formula is C23H27Cl2N5O2. The van der Waals surface area contributed by atoms with Gasteiger partial charge in [0.05, 0.1) is 17.3 Å². The van der Waals surface area contributed by atoms with Crippen LogP contribution in [-0.2, 0) is 4.79 Å². The van der Waals surface area contributed by atoms with Gasteiger partial charge in [-0.3, -0.25) is 14.5 Å². The van der Waals surface area contributed by atoms with Crippen molar-refractivity contribution in [3.8, 4) is 0 Å². The van der Waals surface area contributed by atoms with Crippen molar-refractivity contribution in [2.24, 2.45) is 0 Å². The predicted molar refractivity (Wildman–Crippen MR) is 128 cm³/mol. The Morgan fingerprint density at radius 3 is 2.41 bits per heavy atom. The molecule has 0 atom stereocenters.